The van der Waals surface area contributed by atoms with E-state index in [0.717, 1.165) is 23.7 Å². The predicted octanol–water partition coefficient (Wildman–Crippen LogP) is 2.13. The molecule has 1 aromatic heterocycles. The van der Waals surface area contributed by atoms with Crippen molar-refractivity contribution in [2.75, 3.05) is 6.54 Å². The van der Waals surface area contributed by atoms with Crippen molar-refractivity contribution < 1.29 is 0 Å². The normalized spacial score (nSPS) is 12.4. The number of nitrogens with zero attached hydrogens (tertiary/aromatic N) is 1. The van der Waals surface area contributed by atoms with Gasteiger partial charge in [-0.3, -0.25) is 5.32 Å². The third kappa shape index (κ3) is 2.83. The van der Waals surface area contributed by atoms with Crippen LogP contribution in [0.2, 0.25) is 0 Å². The van der Waals surface area contributed by atoms with Crippen LogP contribution < -0.4 is 5.32 Å². The van der Waals surface area contributed by atoms with Crippen molar-refractivity contribution in [2.24, 2.45) is 0 Å². The Balaban J connectivity index is 2.63. The minimum absolute atomic E-state index is 0.0232. The summed E-state index contributed by atoms with van der Waals surface area (Å²) in [5.41, 5.74) is 0.971. The van der Waals surface area contributed by atoms with Gasteiger partial charge in [-0.05, 0) is 19.9 Å². The van der Waals surface area contributed by atoms with Gasteiger partial charge in [-0.1, -0.05) is 12.8 Å². The second-order valence-electron chi connectivity index (χ2n) is 2.85. The number of aryl methyl sites for hydroxylation is 1. The maximum Gasteiger partial charge on any atom is 0.112 e. The third-order valence-corrected chi connectivity index (χ3v) is 2.49. The van der Waals surface area contributed by atoms with Crippen molar-refractivity contribution >= 4 is 11.3 Å². The first-order valence-electron chi connectivity index (χ1n) is 4.39. The Bertz CT molecular complexity index is 298. The largest absolute Gasteiger partial charge is 0.299 e. The third-order valence-electron chi connectivity index (χ3n) is 1.70. The SMILES string of the molecule is C#CC(NCCC)c1csc(C)n1. The fourth-order valence-electron chi connectivity index (χ4n) is 1.05. The Labute approximate surface area is 83.4 Å². The molecular weight excluding hydrogens is 180 g/mol. The van der Waals surface area contributed by atoms with Crippen molar-refractivity contribution in [3.8, 4) is 12.3 Å². The van der Waals surface area contributed by atoms with Crippen molar-refractivity contribution in [1.29, 1.82) is 0 Å². The van der Waals surface area contributed by atoms with Gasteiger partial charge in [0, 0.05) is 5.38 Å². The van der Waals surface area contributed by atoms with Gasteiger partial charge < -0.3 is 0 Å². The van der Waals surface area contributed by atoms with E-state index in [1.54, 1.807) is 11.3 Å². The first-order chi connectivity index (χ1) is 6.27. The van der Waals surface area contributed by atoms with E-state index in [1.807, 2.05) is 12.3 Å². The van der Waals surface area contributed by atoms with Gasteiger partial charge in [0.15, 0.2) is 0 Å². The molecule has 1 heterocycles. The molecule has 0 amide bonds. The van der Waals surface area contributed by atoms with E-state index >= 15 is 0 Å². The molecule has 1 unspecified atom stereocenters. The van der Waals surface area contributed by atoms with Crippen LogP contribution in [0.15, 0.2) is 5.38 Å². The Hall–Kier alpha value is -0.850. The van der Waals surface area contributed by atoms with E-state index in [4.69, 9.17) is 6.42 Å². The number of terminal acetylenes is 1. The van der Waals surface area contributed by atoms with Crippen LogP contribution in [0.4, 0.5) is 0 Å². The van der Waals surface area contributed by atoms with Crippen LogP contribution in [0.5, 0.6) is 0 Å². The molecule has 2 nitrogen and oxygen atoms in total. The molecule has 1 aromatic rings. The lowest BCUT2D eigenvalue weighted by molar-refractivity contribution is 0.616. The molecule has 1 N–H and O–H groups in total. The molecule has 3 heteroatoms. The summed E-state index contributed by atoms with van der Waals surface area (Å²) < 4.78 is 0. The van der Waals surface area contributed by atoms with Gasteiger partial charge >= 0.3 is 0 Å². The van der Waals surface area contributed by atoms with Gasteiger partial charge in [0.1, 0.15) is 6.04 Å². The fraction of sp³-hybridized carbons (Fsp3) is 0.500. The van der Waals surface area contributed by atoms with Gasteiger partial charge in [-0.2, -0.15) is 0 Å². The Kier molecular flexibility index (Phi) is 3.94. The quantitative estimate of drug-likeness (QED) is 0.743. The van der Waals surface area contributed by atoms with Crippen LogP contribution in [-0.4, -0.2) is 11.5 Å². The summed E-state index contributed by atoms with van der Waals surface area (Å²) in [7, 11) is 0. The van der Waals surface area contributed by atoms with Gasteiger partial charge in [0.2, 0.25) is 0 Å². The lowest BCUT2D eigenvalue weighted by Gasteiger charge is -2.08. The number of aromatic nitrogens is 1. The van der Waals surface area contributed by atoms with Gasteiger partial charge in [-0.15, -0.1) is 17.8 Å². The summed E-state index contributed by atoms with van der Waals surface area (Å²) in [4.78, 5) is 4.35. The maximum atomic E-state index is 5.41. The van der Waals surface area contributed by atoms with Crippen molar-refractivity contribution in [3.05, 3.63) is 16.1 Å². The van der Waals surface area contributed by atoms with E-state index in [9.17, 15) is 0 Å². The second kappa shape index (κ2) is 5.00. The minimum atomic E-state index is -0.0232. The molecule has 0 bridgehead atoms. The van der Waals surface area contributed by atoms with Crippen LogP contribution >= 0.6 is 11.3 Å². The molecule has 1 atom stereocenters. The molecule has 0 aromatic carbocycles. The van der Waals surface area contributed by atoms with Gasteiger partial charge in [0.25, 0.3) is 0 Å². The molecule has 0 saturated heterocycles. The monoisotopic (exact) mass is 194 g/mol. The standard InChI is InChI=1S/C10H14N2S/c1-4-6-11-9(5-2)10-7-13-8(3)12-10/h2,7,9,11H,4,6H2,1,3H3. The van der Waals surface area contributed by atoms with Crippen LogP contribution in [-0.2, 0) is 0 Å². The maximum absolute atomic E-state index is 5.41. The molecule has 13 heavy (non-hydrogen) atoms. The smallest absolute Gasteiger partial charge is 0.112 e. The zero-order valence-corrected chi connectivity index (χ0v) is 8.82. The molecule has 70 valence electrons. The zero-order valence-electron chi connectivity index (χ0n) is 8.00. The second-order valence-corrected chi connectivity index (χ2v) is 3.91. The van der Waals surface area contributed by atoms with Crippen molar-refractivity contribution in [2.45, 2.75) is 26.3 Å². The fourth-order valence-corrected chi connectivity index (χ4v) is 1.69. The number of hydrogen-bond donors (Lipinski definition) is 1. The highest BCUT2D eigenvalue weighted by molar-refractivity contribution is 7.09. The highest BCUT2D eigenvalue weighted by Crippen LogP contribution is 2.15. The first kappa shape index (κ1) is 10.2. The Morgan fingerprint density at radius 1 is 1.77 bits per heavy atom. The van der Waals surface area contributed by atoms with Gasteiger partial charge in [0.05, 0.1) is 10.7 Å². The first-order valence-corrected chi connectivity index (χ1v) is 5.27. The van der Waals surface area contributed by atoms with E-state index < -0.39 is 0 Å². The van der Waals surface area contributed by atoms with Gasteiger partial charge in [-0.25, -0.2) is 4.98 Å². The molecule has 0 fully saturated rings. The molecule has 0 spiro atoms. The van der Waals surface area contributed by atoms with Crippen LogP contribution in [0.25, 0.3) is 0 Å². The topological polar surface area (TPSA) is 24.9 Å². The molecular formula is C10H14N2S. The van der Waals surface area contributed by atoms with Crippen molar-refractivity contribution in [3.63, 3.8) is 0 Å². The van der Waals surface area contributed by atoms with E-state index in [-0.39, 0.29) is 6.04 Å². The number of rotatable bonds is 4. The number of nitrogens with one attached hydrogen (secondary N) is 1. The van der Waals surface area contributed by atoms with E-state index in [0.29, 0.717) is 0 Å². The molecule has 0 aliphatic rings. The molecule has 0 aliphatic heterocycles. The van der Waals surface area contributed by atoms with Crippen LogP contribution in [0, 0.1) is 19.3 Å². The molecule has 0 saturated carbocycles. The minimum Gasteiger partial charge on any atom is -0.299 e. The average molecular weight is 194 g/mol. The lowest BCUT2D eigenvalue weighted by atomic mass is 10.2. The lowest BCUT2D eigenvalue weighted by Crippen LogP contribution is -2.20. The summed E-state index contributed by atoms with van der Waals surface area (Å²) in [6, 6.07) is -0.0232. The number of thiazole rings is 1. The summed E-state index contributed by atoms with van der Waals surface area (Å²) in [5, 5.41) is 6.34. The number of hydrogen-bond acceptors (Lipinski definition) is 3. The van der Waals surface area contributed by atoms with E-state index in [1.165, 1.54) is 0 Å². The predicted molar refractivity (Wildman–Crippen MR) is 56.7 cm³/mol. The highest BCUT2D eigenvalue weighted by atomic mass is 32.1. The van der Waals surface area contributed by atoms with E-state index in [2.05, 4.69) is 23.1 Å². The zero-order chi connectivity index (χ0) is 9.68. The summed E-state index contributed by atoms with van der Waals surface area (Å²) in [5.74, 6) is 2.70. The van der Waals surface area contributed by atoms with Crippen LogP contribution in [0.3, 0.4) is 0 Å². The van der Waals surface area contributed by atoms with Crippen LogP contribution in [0.1, 0.15) is 30.1 Å². The molecule has 0 radical (unpaired) electrons. The highest BCUT2D eigenvalue weighted by Gasteiger charge is 2.09. The molecule has 1 rings (SSSR count). The summed E-state index contributed by atoms with van der Waals surface area (Å²) in [6.07, 6.45) is 6.49. The molecule has 0 aliphatic carbocycles. The Morgan fingerprint density at radius 3 is 3.00 bits per heavy atom. The van der Waals surface area contributed by atoms with Crippen molar-refractivity contribution in [1.82, 2.24) is 10.3 Å². The summed E-state index contributed by atoms with van der Waals surface area (Å²) in [6.45, 7) is 5.04. The average Bonchev–Trinajstić information content (AvgIpc) is 2.54. The summed E-state index contributed by atoms with van der Waals surface area (Å²) >= 11 is 1.63. The Morgan fingerprint density at radius 2 is 2.54 bits per heavy atom.